The van der Waals surface area contributed by atoms with Gasteiger partial charge in [0.25, 0.3) is 0 Å². The lowest BCUT2D eigenvalue weighted by atomic mass is 10.2. The highest BCUT2D eigenvalue weighted by Gasteiger charge is 2.27. The number of sulfonamides is 1. The molecular weight excluding hydrogens is 292 g/mol. The van der Waals surface area contributed by atoms with Gasteiger partial charge in [0.2, 0.25) is 10.0 Å². The molecule has 102 valence electrons. The molecule has 6 nitrogen and oxygen atoms in total. The van der Waals surface area contributed by atoms with Crippen molar-refractivity contribution in [2.45, 2.75) is 11.8 Å². The van der Waals surface area contributed by atoms with Crippen LogP contribution in [-0.4, -0.2) is 36.9 Å². The van der Waals surface area contributed by atoms with E-state index in [2.05, 4.69) is 0 Å². The van der Waals surface area contributed by atoms with Gasteiger partial charge in [0.05, 0.1) is 16.7 Å². The van der Waals surface area contributed by atoms with Crippen molar-refractivity contribution in [1.82, 2.24) is 4.31 Å². The molecule has 0 bridgehead atoms. The first kappa shape index (κ1) is 15.4. The van der Waals surface area contributed by atoms with E-state index in [9.17, 15) is 13.2 Å². The summed E-state index contributed by atoms with van der Waals surface area (Å²) in [5.74, 6) is -1.25. The van der Waals surface area contributed by atoms with Crippen molar-refractivity contribution in [1.29, 1.82) is 5.26 Å². The fraction of sp³-hybridized carbons (Fsp3) is 0.273. The van der Waals surface area contributed by atoms with Crippen LogP contribution < -0.4 is 0 Å². The molecule has 0 saturated carbocycles. The van der Waals surface area contributed by atoms with E-state index in [-0.39, 0.29) is 22.0 Å². The predicted molar refractivity (Wildman–Crippen MR) is 68.2 cm³/mol. The molecule has 8 heteroatoms. The fourth-order valence-electron chi connectivity index (χ4n) is 1.44. The zero-order chi connectivity index (χ0) is 14.6. The molecule has 0 aliphatic rings. The van der Waals surface area contributed by atoms with Crippen molar-refractivity contribution in [2.24, 2.45) is 0 Å². The van der Waals surface area contributed by atoms with Gasteiger partial charge in [-0.2, -0.15) is 9.57 Å². The Kier molecular flexibility index (Phi) is 4.89. The summed E-state index contributed by atoms with van der Waals surface area (Å²) >= 11 is 5.83. The number of nitrogens with zero attached hydrogens (tertiary/aromatic N) is 2. The molecule has 1 N–H and O–H groups in total. The zero-order valence-electron chi connectivity index (χ0n) is 10.00. The maximum absolute atomic E-state index is 12.2. The minimum atomic E-state index is -3.99. The van der Waals surface area contributed by atoms with Crippen LogP contribution in [0.1, 0.15) is 12.5 Å². The van der Waals surface area contributed by atoms with Crippen LogP contribution in [0.2, 0.25) is 5.02 Å². The molecule has 0 amide bonds. The second-order valence-corrected chi connectivity index (χ2v) is 5.90. The SMILES string of the molecule is CCN(CC(=O)O)S(=O)(=O)c1ccc(C#N)cc1Cl. The molecule has 1 aromatic carbocycles. The standard InChI is InChI=1S/C11H11ClN2O4S/c1-2-14(7-11(15)16)19(17,18)10-4-3-8(6-13)5-9(10)12/h3-5H,2,7H2,1H3,(H,15,16). The number of likely N-dealkylation sites (N-methyl/N-ethyl adjacent to an activating group) is 1. The number of halogens is 1. The van der Waals surface area contributed by atoms with Gasteiger partial charge in [0.1, 0.15) is 11.4 Å². The van der Waals surface area contributed by atoms with Gasteiger partial charge in [0.15, 0.2) is 0 Å². The van der Waals surface area contributed by atoms with Gasteiger partial charge in [-0.3, -0.25) is 4.79 Å². The van der Waals surface area contributed by atoms with Crippen LogP contribution in [-0.2, 0) is 14.8 Å². The first-order valence-electron chi connectivity index (χ1n) is 5.24. The Hall–Kier alpha value is -1.62. The molecule has 0 unspecified atom stereocenters. The Morgan fingerprint density at radius 1 is 1.53 bits per heavy atom. The number of nitriles is 1. The fourth-order valence-corrected chi connectivity index (χ4v) is 3.35. The molecule has 19 heavy (non-hydrogen) atoms. The maximum atomic E-state index is 12.2. The lowest BCUT2D eigenvalue weighted by Crippen LogP contribution is -2.35. The first-order chi connectivity index (χ1) is 8.82. The summed E-state index contributed by atoms with van der Waals surface area (Å²) in [6.45, 7) is 0.887. The van der Waals surface area contributed by atoms with E-state index in [1.54, 1.807) is 0 Å². The highest BCUT2D eigenvalue weighted by Crippen LogP contribution is 2.25. The average molecular weight is 303 g/mol. The lowest BCUT2D eigenvalue weighted by Gasteiger charge is -2.19. The van der Waals surface area contributed by atoms with E-state index in [1.807, 2.05) is 6.07 Å². The normalized spacial score (nSPS) is 11.3. The Bertz CT molecular complexity index is 637. The minimum Gasteiger partial charge on any atom is -0.480 e. The van der Waals surface area contributed by atoms with E-state index in [0.29, 0.717) is 0 Å². The Balaban J connectivity index is 3.26. The maximum Gasteiger partial charge on any atom is 0.318 e. The molecule has 0 aliphatic carbocycles. The van der Waals surface area contributed by atoms with Gasteiger partial charge < -0.3 is 5.11 Å². The number of carboxylic acid groups (broad SMARTS) is 1. The van der Waals surface area contributed by atoms with Crippen molar-refractivity contribution in [3.8, 4) is 6.07 Å². The predicted octanol–water partition coefficient (Wildman–Crippen LogP) is 1.31. The van der Waals surface area contributed by atoms with Gasteiger partial charge >= 0.3 is 5.97 Å². The largest absolute Gasteiger partial charge is 0.480 e. The Morgan fingerprint density at radius 3 is 2.58 bits per heavy atom. The van der Waals surface area contributed by atoms with E-state index >= 15 is 0 Å². The van der Waals surface area contributed by atoms with Gasteiger partial charge in [-0.15, -0.1) is 0 Å². The summed E-state index contributed by atoms with van der Waals surface area (Å²) in [4.78, 5) is 10.4. The van der Waals surface area contributed by atoms with Crippen molar-refractivity contribution in [3.63, 3.8) is 0 Å². The Morgan fingerprint density at radius 2 is 2.16 bits per heavy atom. The van der Waals surface area contributed by atoms with Crippen LogP contribution in [0.25, 0.3) is 0 Å². The average Bonchev–Trinajstić information content (AvgIpc) is 2.34. The molecule has 0 fully saturated rings. The molecule has 0 aromatic heterocycles. The monoisotopic (exact) mass is 302 g/mol. The number of rotatable bonds is 5. The lowest BCUT2D eigenvalue weighted by molar-refractivity contribution is -0.137. The molecule has 0 aliphatic heterocycles. The molecule has 0 radical (unpaired) electrons. The van der Waals surface area contributed by atoms with Gasteiger partial charge in [-0.25, -0.2) is 8.42 Å². The first-order valence-corrected chi connectivity index (χ1v) is 7.06. The quantitative estimate of drug-likeness (QED) is 0.884. The van der Waals surface area contributed by atoms with Gasteiger partial charge in [-0.05, 0) is 18.2 Å². The molecule has 0 spiro atoms. The summed E-state index contributed by atoms with van der Waals surface area (Å²) in [6, 6.07) is 5.57. The Labute approximate surface area is 115 Å². The smallest absolute Gasteiger partial charge is 0.318 e. The van der Waals surface area contributed by atoms with Crippen LogP contribution in [0, 0.1) is 11.3 Å². The molecule has 0 saturated heterocycles. The molecule has 1 rings (SSSR count). The molecule has 1 aromatic rings. The third kappa shape index (κ3) is 3.44. The number of aliphatic carboxylic acids is 1. The van der Waals surface area contributed by atoms with E-state index in [1.165, 1.54) is 25.1 Å². The van der Waals surface area contributed by atoms with E-state index in [0.717, 1.165) is 4.31 Å². The van der Waals surface area contributed by atoms with Crippen molar-refractivity contribution in [2.75, 3.05) is 13.1 Å². The number of carboxylic acids is 1. The third-order valence-electron chi connectivity index (χ3n) is 2.34. The van der Waals surface area contributed by atoms with Crippen LogP contribution in [0.15, 0.2) is 23.1 Å². The van der Waals surface area contributed by atoms with Crippen molar-refractivity contribution < 1.29 is 18.3 Å². The number of benzene rings is 1. The second kappa shape index (κ2) is 6.02. The topological polar surface area (TPSA) is 98.5 Å². The molecule has 0 heterocycles. The summed E-state index contributed by atoms with van der Waals surface area (Å²) in [5.41, 5.74) is 0.227. The summed E-state index contributed by atoms with van der Waals surface area (Å²) in [7, 11) is -3.99. The van der Waals surface area contributed by atoms with E-state index < -0.39 is 22.5 Å². The molecule has 0 atom stereocenters. The zero-order valence-corrected chi connectivity index (χ0v) is 11.6. The highest BCUT2D eigenvalue weighted by molar-refractivity contribution is 7.89. The molecular formula is C11H11ClN2O4S. The number of hydrogen-bond donors (Lipinski definition) is 1. The summed E-state index contributed by atoms with van der Waals surface area (Å²) in [5, 5.41) is 17.3. The van der Waals surface area contributed by atoms with Gasteiger partial charge in [-0.1, -0.05) is 18.5 Å². The minimum absolute atomic E-state index is 0.00492. The van der Waals surface area contributed by atoms with Gasteiger partial charge in [0, 0.05) is 6.54 Å². The number of carbonyl (C=O) groups is 1. The van der Waals surface area contributed by atoms with Crippen molar-refractivity contribution >= 4 is 27.6 Å². The van der Waals surface area contributed by atoms with Crippen LogP contribution in [0.5, 0.6) is 0 Å². The number of hydrogen-bond acceptors (Lipinski definition) is 4. The highest BCUT2D eigenvalue weighted by atomic mass is 35.5. The summed E-state index contributed by atoms with van der Waals surface area (Å²) in [6.07, 6.45) is 0. The second-order valence-electron chi connectivity index (χ2n) is 3.58. The van der Waals surface area contributed by atoms with E-state index in [4.69, 9.17) is 22.0 Å². The third-order valence-corrected chi connectivity index (χ3v) is 4.75. The van der Waals surface area contributed by atoms with Crippen LogP contribution in [0.4, 0.5) is 0 Å². The van der Waals surface area contributed by atoms with Crippen molar-refractivity contribution in [3.05, 3.63) is 28.8 Å². The van der Waals surface area contributed by atoms with Crippen LogP contribution >= 0.6 is 11.6 Å². The van der Waals surface area contributed by atoms with Crippen LogP contribution in [0.3, 0.4) is 0 Å². The summed E-state index contributed by atoms with van der Waals surface area (Å²) < 4.78 is 25.2.